The highest BCUT2D eigenvalue weighted by atomic mass is 19.4. The normalized spacial score (nSPS) is 13.3. The predicted octanol–water partition coefficient (Wildman–Crippen LogP) is 7.97. The third-order valence-electron chi connectivity index (χ3n) is 4.92. The third kappa shape index (κ3) is 4.53. The van der Waals surface area contributed by atoms with E-state index in [2.05, 4.69) is 6.92 Å². The number of benzene rings is 3. The molecule has 3 aromatic carbocycles. The lowest BCUT2D eigenvalue weighted by molar-refractivity contribution is -0.248. The summed E-state index contributed by atoms with van der Waals surface area (Å²) in [5, 5.41) is 0. The molecule has 0 aromatic heterocycles. The van der Waals surface area contributed by atoms with Crippen LogP contribution >= 0.6 is 0 Å². The van der Waals surface area contributed by atoms with E-state index in [4.69, 9.17) is 0 Å². The molecule has 0 radical (unpaired) electrons. The van der Waals surface area contributed by atoms with Crippen molar-refractivity contribution in [1.29, 1.82) is 0 Å². The summed E-state index contributed by atoms with van der Waals surface area (Å²) in [6, 6.07) is 19.6. The Bertz CT molecular complexity index is 972. The summed E-state index contributed by atoms with van der Waals surface area (Å²) in [4.78, 5) is 0. The van der Waals surface area contributed by atoms with Gasteiger partial charge >= 0.3 is 12.1 Å². The molecule has 0 nitrogen and oxygen atoms in total. The molecule has 0 saturated heterocycles. The second-order valence-corrected chi connectivity index (χ2v) is 7.10. The van der Waals surface area contributed by atoms with Crippen LogP contribution < -0.4 is 0 Å². The molecule has 6 heteroatoms. The van der Waals surface area contributed by atoms with Gasteiger partial charge in [0.25, 0.3) is 6.17 Å². The van der Waals surface area contributed by atoms with Crippen LogP contribution in [0.4, 0.5) is 26.3 Å². The van der Waals surface area contributed by atoms with Gasteiger partial charge in [0.2, 0.25) is 0 Å². The fraction of sp³-hybridized carbons (Fsp3) is 0.250. The summed E-state index contributed by atoms with van der Waals surface area (Å²) in [5.41, 5.74) is 3.26. The Labute approximate surface area is 171 Å². The first-order chi connectivity index (χ1) is 14.1. The molecule has 1 atom stereocenters. The highest BCUT2D eigenvalue weighted by Crippen LogP contribution is 2.42. The fourth-order valence-corrected chi connectivity index (χ4v) is 3.35. The zero-order valence-electron chi connectivity index (χ0n) is 16.2. The van der Waals surface area contributed by atoms with Gasteiger partial charge in [-0.15, -0.1) is 0 Å². The minimum atomic E-state index is -5.64. The van der Waals surface area contributed by atoms with Gasteiger partial charge in [-0.1, -0.05) is 86.1 Å². The molecule has 0 aliphatic carbocycles. The summed E-state index contributed by atoms with van der Waals surface area (Å²) in [5.74, 6) is -4.66. The van der Waals surface area contributed by atoms with E-state index in [0.717, 1.165) is 41.7 Å². The Hall–Kier alpha value is -2.76. The summed E-state index contributed by atoms with van der Waals surface area (Å²) in [6.45, 7) is 2.09. The van der Waals surface area contributed by atoms with E-state index in [9.17, 15) is 26.3 Å². The van der Waals surface area contributed by atoms with Gasteiger partial charge in [-0.3, -0.25) is 0 Å². The van der Waals surface area contributed by atoms with E-state index in [-0.39, 0.29) is 0 Å². The number of rotatable bonds is 6. The van der Waals surface area contributed by atoms with Crippen molar-refractivity contribution in [2.75, 3.05) is 0 Å². The largest absolute Gasteiger partial charge is 0.426 e. The molecule has 3 aromatic rings. The van der Waals surface area contributed by atoms with Crippen LogP contribution in [0, 0.1) is 0 Å². The molecule has 0 N–H and O–H groups in total. The maximum atomic E-state index is 13.9. The maximum Gasteiger partial charge on any atom is 0.426 e. The minimum absolute atomic E-state index is 0.546. The van der Waals surface area contributed by atoms with E-state index < -0.39 is 23.8 Å². The van der Waals surface area contributed by atoms with Crippen molar-refractivity contribution in [2.24, 2.45) is 0 Å². The van der Waals surface area contributed by atoms with Crippen LogP contribution in [0.1, 0.15) is 24.5 Å². The summed E-state index contributed by atoms with van der Waals surface area (Å²) < 4.78 is 78.5. The van der Waals surface area contributed by atoms with Gasteiger partial charge in [-0.2, -0.15) is 22.0 Å². The summed E-state index contributed by atoms with van der Waals surface area (Å²) in [7, 11) is 0. The molecule has 0 aliphatic heterocycles. The summed E-state index contributed by atoms with van der Waals surface area (Å²) >= 11 is 0. The van der Waals surface area contributed by atoms with Gasteiger partial charge in [0.15, 0.2) is 0 Å². The van der Waals surface area contributed by atoms with E-state index in [1.54, 1.807) is 12.1 Å². The van der Waals surface area contributed by atoms with Crippen LogP contribution in [0.25, 0.3) is 22.3 Å². The van der Waals surface area contributed by atoms with Crippen molar-refractivity contribution in [2.45, 2.75) is 38.0 Å². The average Bonchev–Trinajstić information content (AvgIpc) is 2.73. The molecule has 0 spiro atoms. The van der Waals surface area contributed by atoms with Crippen LogP contribution in [-0.2, 0) is 12.3 Å². The highest BCUT2D eigenvalue weighted by molar-refractivity contribution is 5.83. The maximum absolute atomic E-state index is 13.9. The molecular formula is C24H20F6. The van der Waals surface area contributed by atoms with E-state index in [0.29, 0.717) is 5.56 Å². The van der Waals surface area contributed by atoms with Gasteiger partial charge in [0.05, 0.1) is 0 Å². The number of hydrogen-bond acceptors (Lipinski definition) is 0. The lowest BCUT2D eigenvalue weighted by Gasteiger charge is -2.23. The second-order valence-electron chi connectivity index (χ2n) is 7.10. The van der Waals surface area contributed by atoms with Gasteiger partial charge in [0, 0.05) is 5.56 Å². The van der Waals surface area contributed by atoms with Crippen LogP contribution in [0.3, 0.4) is 0 Å². The van der Waals surface area contributed by atoms with Crippen molar-refractivity contribution in [3.05, 3.63) is 83.9 Å². The van der Waals surface area contributed by atoms with Crippen molar-refractivity contribution in [1.82, 2.24) is 0 Å². The first kappa shape index (κ1) is 21.9. The Morgan fingerprint density at radius 3 is 1.60 bits per heavy atom. The molecule has 0 bridgehead atoms. The van der Waals surface area contributed by atoms with Crippen molar-refractivity contribution in [3.8, 4) is 22.3 Å². The minimum Gasteiger partial charge on any atom is -0.230 e. The molecule has 30 heavy (non-hydrogen) atoms. The van der Waals surface area contributed by atoms with Gasteiger partial charge < -0.3 is 0 Å². The smallest absolute Gasteiger partial charge is 0.230 e. The molecule has 3 rings (SSSR count). The molecule has 0 saturated carbocycles. The molecule has 1 unspecified atom stereocenters. The number of alkyl halides is 6. The van der Waals surface area contributed by atoms with Crippen LogP contribution in [0.5, 0.6) is 0 Å². The lowest BCUT2D eigenvalue weighted by atomic mass is 9.92. The van der Waals surface area contributed by atoms with Crippen LogP contribution in [-0.4, -0.2) is 12.3 Å². The number of halogens is 6. The first-order valence-electron chi connectivity index (χ1n) is 9.52. The van der Waals surface area contributed by atoms with Crippen LogP contribution in [0.15, 0.2) is 72.8 Å². The predicted molar refractivity (Wildman–Crippen MR) is 106 cm³/mol. The summed E-state index contributed by atoms with van der Waals surface area (Å²) in [6.07, 6.45) is -7.91. The molecular weight excluding hydrogens is 402 g/mol. The lowest BCUT2D eigenvalue weighted by Crippen LogP contribution is -2.39. The Balaban J connectivity index is 1.94. The SMILES string of the molecule is CCCc1ccc(-c2ccccc2-c2ccc(C(F)(F)C(F)C(F)(F)F)cc2)cc1. The van der Waals surface area contributed by atoms with Gasteiger partial charge in [-0.05, 0) is 34.2 Å². The van der Waals surface area contributed by atoms with Crippen molar-refractivity contribution in [3.63, 3.8) is 0 Å². The highest BCUT2D eigenvalue weighted by Gasteiger charge is 2.57. The molecule has 158 valence electrons. The van der Waals surface area contributed by atoms with E-state index in [1.165, 1.54) is 17.7 Å². The van der Waals surface area contributed by atoms with E-state index >= 15 is 0 Å². The van der Waals surface area contributed by atoms with Crippen molar-refractivity contribution < 1.29 is 26.3 Å². The number of aryl methyl sites for hydroxylation is 1. The van der Waals surface area contributed by atoms with Gasteiger partial charge in [0.1, 0.15) is 0 Å². The van der Waals surface area contributed by atoms with Gasteiger partial charge in [-0.25, -0.2) is 4.39 Å². The Morgan fingerprint density at radius 2 is 1.17 bits per heavy atom. The zero-order chi connectivity index (χ0) is 21.9. The Kier molecular flexibility index (Phi) is 6.25. The standard InChI is InChI=1S/C24H20F6/c1-2-5-16-8-10-17(11-9-16)20-6-3-4-7-21(20)18-12-14-19(15-13-18)23(26,27)22(25)24(28,29)30/h3-4,6-15,22H,2,5H2,1H3. The van der Waals surface area contributed by atoms with E-state index in [1.807, 2.05) is 36.4 Å². The third-order valence-corrected chi connectivity index (χ3v) is 4.92. The van der Waals surface area contributed by atoms with Crippen molar-refractivity contribution >= 4 is 0 Å². The molecule has 0 amide bonds. The topological polar surface area (TPSA) is 0 Å². The Morgan fingerprint density at radius 1 is 0.700 bits per heavy atom. The molecule has 0 aliphatic rings. The van der Waals surface area contributed by atoms with Crippen LogP contribution in [0.2, 0.25) is 0 Å². The average molecular weight is 422 g/mol. The molecule has 0 fully saturated rings. The molecule has 0 heterocycles. The second kappa shape index (κ2) is 8.54. The fourth-order valence-electron chi connectivity index (χ4n) is 3.35. The number of hydrogen-bond donors (Lipinski definition) is 0. The quantitative estimate of drug-likeness (QED) is 0.354. The zero-order valence-corrected chi connectivity index (χ0v) is 16.2. The monoisotopic (exact) mass is 422 g/mol. The first-order valence-corrected chi connectivity index (χ1v) is 9.52.